The molecule has 1 fully saturated rings. The Morgan fingerprint density at radius 1 is 1.63 bits per heavy atom. The zero-order valence-electron chi connectivity index (χ0n) is 11.1. The first kappa shape index (κ1) is 13.8. The second kappa shape index (κ2) is 5.57. The Morgan fingerprint density at radius 2 is 2.42 bits per heavy atom. The molecule has 104 valence electrons. The van der Waals surface area contributed by atoms with Crippen molar-refractivity contribution in [1.82, 2.24) is 10.3 Å². The normalized spacial score (nSPS) is 26.9. The minimum atomic E-state index is -0.838. The molecule has 0 spiro atoms. The van der Waals surface area contributed by atoms with Gasteiger partial charge in [0.1, 0.15) is 5.56 Å². The van der Waals surface area contributed by atoms with E-state index >= 15 is 0 Å². The largest absolute Gasteiger partial charge is 0.388 e. The third-order valence-electron chi connectivity index (χ3n) is 3.71. The van der Waals surface area contributed by atoms with Crippen molar-refractivity contribution in [3.8, 4) is 0 Å². The predicted octanol–water partition coefficient (Wildman–Crippen LogP) is 1.05. The predicted molar refractivity (Wildman–Crippen MR) is 72.0 cm³/mol. The van der Waals surface area contributed by atoms with Gasteiger partial charge in [-0.25, -0.2) is 0 Å². The molecule has 2 unspecified atom stereocenters. The number of carbonyl (C=O) groups excluding carboxylic acids is 1. The molecule has 1 heterocycles. The highest BCUT2D eigenvalue weighted by Gasteiger charge is 2.33. The minimum absolute atomic E-state index is 0.0787. The van der Waals surface area contributed by atoms with E-state index in [0.717, 1.165) is 12.8 Å². The van der Waals surface area contributed by atoms with Crippen molar-refractivity contribution in [2.75, 3.05) is 6.54 Å². The average Bonchev–Trinajstić information content (AvgIpc) is 2.36. The van der Waals surface area contributed by atoms with Crippen molar-refractivity contribution in [3.63, 3.8) is 0 Å². The zero-order chi connectivity index (χ0) is 13.9. The van der Waals surface area contributed by atoms with E-state index in [1.54, 1.807) is 6.07 Å². The van der Waals surface area contributed by atoms with Crippen molar-refractivity contribution in [3.05, 3.63) is 34.2 Å². The summed E-state index contributed by atoms with van der Waals surface area (Å²) < 4.78 is 0. The summed E-state index contributed by atoms with van der Waals surface area (Å²) in [6.45, 7) is 2.30. The number of hydrogen-bond acceptors (Lipinski definition) is 3. The monoisotopic (exact) mass is 264 g/mol. The van der Waals surface area contributed by atoms with Crippen LogP contribution in [0.15, 0.2) is 23.1 Å². The van der Waals surface area contributed by atoms with E-state index < -0.39 is 17.1 Å². The summed E-state index contributed by atoms with van der Waals surface area (Å²) in [6.07, 6.45) is 4.96. The van der Waals surface area contributed by atoms with Gasteiger partial charge in [-0.15, -0.1) is 0 Å². The number of hydrogen-bond donors (Lipinski definition) is 3. The Hall–Kier alpha value is -1.62. The number of H-pyrrole nitrogens is 1. The maximum Gasteiger partial charge on any atom is 0.260 e. The molecule has 0 saturated heterocycles. The first-order valence-electron chi connectivity index (χ1n) is 6.68. The van der Waals surface area contributed by atoms with Crippen LogP contribution in [0, 0.1) is 5.92 Å². The molecular formula is C14H20N2O3. The molecule has 1 aromatic rings. The number of nitrogens with one attached hydrogen (secondary N) is 2. The Balaban J connectivity index is 1.97. The highest BCUT2D eigenvalue weighted by Crippen LogP contribution is 2.31. The number of pyridine rings is 1. The van der Waals surface area contributed by atoms with Crippen molar-refractivity contribution >= 4 is 5.91 Å². The van der Waals surface area contributed by atoms with E-state index in [9.17, 15) is 14.7 Å². The van der Waals surface area contributed by atoms with Crippen molar-refractivity contribution in [2.24, 2.45) is 5.92 Å². The summed E-state index contributed by atoms with van der Waals surface area (Å²) in [5.41, 5.74) is -1.17. The molecule has 0 bridgehead atoms. The van der Waals surface area contributed by atoms with Crippen molar-refractivity contribution in [1.29, 1.82) is 0 Å². The standard InChI is InChI=1S/C14H20N2O3/c1-10-4-2-6-14(19,8-10)9-16-13(18)11-5-3-7-15-12(11)17/h3,5,7,10,19H,2,4,6,8-9H2,1H3,(H,15,17)(H,16,18). The van der Waals surface area contributed by atoms with Gasteiger partial charge in [0, 0.05) is 12.7 Å². The van der Waals surface area contributed by atoms with Crippen LogP contribution in [-0.4, -0.2) is 28.1 Å². The number of amides is 1. The Bertz CT molecular complexity index is 511. The van der Waals surface area contributed by atoms with Crippen LogP contribution in [0.5, 0.6) is 0 Å². The average molecular weight is 264 g/mol. The van der Waals surface area contributed by atoms with E-state index in [1.807, 2.05) is 0 Å². The molecule has 3 N–H and O–H groups in total. The van der Waals surface area contributed by atoms with E-state index in [1.165, 1.54) is 12.3 Å². The lowest BCUT2D eigenvalue weighted by Crippen LogP contribution is -2.46. The summed E-state index contributed by atoms with van der Waals surface area (Å²) in [5.74, 6) is 0.0317. The Kier molecular flexibility index (Phi) is 4.04. The number of aliphatic hydroxyl groups is 1. The highest BCUT2D eigenvalue weighted by atomic mass is 16.3. The Morgan fingerprint density at radius 3 is 3.11 bits per heavy atom. The summed E-state index contributed by atoms with van der Waals surface area (Å²) >= 11 is 0. The molecule has 5 nitrogen and oxygen atoms in total. The van der Waals surface area contributed by atoms with E-state index in [0.29, 0.717) is 18.8 Å². The van der Waals surface area contributed by atoms with Crippen LogP contribution >= 0.6 is 0 Å². The van der Waals surface area contributed by atoms with Crippen molar-refractivity contribution in [2.45, 2.75) is 38.2 Å². The molecular weight excluding hydrogens is 244 g/mol. The second-order valence-electron chi connectivity index (χ2n) is 5.52. The summed E-state index contributed by atoms with van der Waals surface area (Å²) in [6, 6.07) is 3.08. The number of aromatic amines is 1. The molecule has 0 radical (unpaired) electrons. The van der Waals surface area contributed by atoms with Gasteiger partial charge in [0.2, 0.25) is 0 Å². The third kappa shape index (κ3) is 3.44. The van der Waals surface area contributed by atoms with Crippen LogP contribution in [0.2, 0.25) is 0 Å². The lowest BCUT2D eigenvalue weighted by molar-refractivity contribution is -0.0109. The van der Waals surface area contributed by atoms with Gasteiger partial charge in [0.15, 0.2) is 0 Å². The van der Waals surface area contributed by atoms with Gasteiger partial charge >= 0.3 is 0 Å². The minimum Gasteiger partial charge on any atom is -0.388 e. The molecule has 5 heteroatoms. The summed E-state index contributed by atoms with van der Waals surface area (Å²) in [5, 5.41) is 13.1. The molecule has 2 atom stereocenters. The zero-order valence-corrected chi connectivity index (χ0v) is 11.1. The molecule has 19 heavy (non-hydrogen) atoms. The first-order chi connectivity index (χ1) is 9.00. The molecule has 1 amide bonds. The van der Waals surface area contributed by atoms with Gasteiger partial charge in [-0.1, -0.05) is 19.8 Å². The van der Waals surface area contributed by atoms with Crippen LogP contribution in [0.3, 0.4) is 0 Å². The van der Waals surface area contributed by atoms with Crippen LogP contribution in [0.4, 0.5) is 0 Å². The molecule has 0 aromatic carbocycles. The molecule has 1 aliphatic rings. The van der Waals surface area contributed by atoms with Gasteiger partial charge in [-0.3, -0.25) is 9.59 Å². The summed E-state index contributed by atoms with van der Waals surface area (Å²) in [4.78, 5) is 25.8. The number of carbonyl (C=O) groups is 1. The van der Waals surface area contributed by atoms with E-state index in [2.05, 4.69) is 17.2 Å². The fourth-order valence-corrected chi connectivity index (χ4v) is 2.73. The SMILES string of the molecule is CC1CCCC(O)(CNC(=O)c2ccc[nH]c2=O)C1. The topological polar surface area (TPSA) is 82.2 Å². The van der Waals surface area contributed by atoms with Crippen LogP contribution < -0.4 is 10.9 Å². The maximum atomic E-state index is 11.9. The van der Waals surface area contributed by atoms with Gasteiger partial charge in [0.25, 0.3) is 11.5 Å². The Labute approximate surface area is 112 Å². The fraction of sp³-hybridized carbons (Fsp3) is 0.571. The van der Waals surface area contributed by atoms with Crippen LogP contribution in [0.25, 0.3) is 0 Å². The molecule has 1 aliphatic carbocycles. The quantitative estimate of drug-likeness (QED) is 0.763. The lowest BCUT2D eigenvalue weighted by Gasteiger charge is -2.35. The first-order valence-corrected chi connectivity index (χ1v) is 6.68. The van der Waals surface area contributed by atoms with Crippen molar-refractivity contribution < 1.29 is 9.90 Å². The van der Waals surface area contributed by atoms with Gasteiger partial charge in [-0.2, -0.15) is 0 Å². The number of aromatic nitrogens is 1. The second-order valence-corrected chi connectivity index (χ2v) is 5.52. The summed E-state index contributed by atoms with van der Waals surface area (Å²) in [7, 11) is 0. The molecule has 2 rings (SSSR count). The van der Waals surface area contributed by atoms with Gasteiger partial charge in [-0.05, 0) is 30.9 Å². The fourth-order valence-electron chi connectivity index (χ4n) is 2.73. The van der Waals surface area contributed by atoms with Gasteiger partial charge < -0.3 is 15.4 Å². The number of rotatable bonds is 3. The highest BCUT2D eigenvalue weighted by molar-refractivity contribution is 5.93. The smallest absolute Gasteiger partial charge is 0.260 e. The van der Waals surface area contributed by atoms with Gasteiger partial charge in [0.05, 0.1) is 5.60 Å². The molecule has 1 aromatic heterocycles. The van der Waals surface area contributed by atoms with E-state index in [-0.39, 0.29) is 12.1 Å². The van der Waals surface area contributed by atoms with Crippen LogP contribution in [0.1, 0.15) is 43.0 Å². The maximum absolute atomic E-state index is 11.9. The van der Waals surface area contributed by atoms with E-state index in [4.69, 9.17) is 0 Å². The third-order valence-corrected chi connectivity index (χ3v) is 3.71. The molecule has 0 aliphatic heterocycles. The lowest BCUT2D eigenvalue weighted by atomic mass is 9.79. The van der Waals surface area contributed by atoms with Crippen LogP contribution in [-0.2, 0) is 0 Å². The molecule has 1 saturated carbocycles.